The van der Waals surface area contributed by atoms with Gasteiger partial charge in [0, 0.05) is 31.2 Å². The number of benzene rings is 1. The van der Waals surface area contributed by atoms with Crippen LogP contribution in [0, 0.1) is 11.8 Å². The van der Waals surface area contributed by atoms with Crippen LogP contribution in [0.4, 0.5) is 5.69 Å². The Kier molecular flexibility index (Phi) is 6.85. The van der Waals surface area contributed by atoms with Gasteiger partial charge in [-0.1, -0.05) is 25.5 Å². The summed E-state index contributed by atoms with van der Waals surface area (Å²) in [6.07, 6.45) is 4.76. The molecule has 25 heavy (non-hydrogen) atoms. The van der Waals surface area contributed by atoms with Crippen molar-refractivity contribution < 1.29 is 9.59 Å². The van der Waals surface area contributed by atoms with Gasteiger partial charge in [0.15, 0.2) is 0 Å². The van der Waals surface area contributed by atoms with Gasteiger partial charge in [0.25, 0.3) is 0 Å². The third-order valence-electron chi connectivity index (χ3n) is 5.02. The van der Waals surface area contributed by atoms with E-state index >= 15 is 0 Å². The average Bonchev–Trinajstić information content (AvgIpc) is 3.36. The second kappa shape index (κ2) is 8.68. The fraction of sp³-hybridized carbons (Fsp3) is 0.579. The van der Waals surface area contributed by atoms with Crippen LogP contribution in [0.15, 0.2) is 24.3 Å². The smallest absolute Gasteiger partial charge is 0.227 e. The summed E-state index contributed by atoms with van der Waals surface area (Å²) in [7, 11) is 0. The lowest BCUT2D eigenvalue weighted by atomic mass is 10.1. The third-order valence-corrected chi connectivity index (χ3v) is 5.02. The molecule has 1 aromatic rings. The lowest BCUT2D eigenvalue weighted by molar-refractivity contribution is -0.126. The molecule has 2 fully saturated rings. The van der Waals surface area contributed by atoms with Gasteiger partial charge in [-0.3, -0.25) is 9.59 Å². The Morgan fingerprint density at radius 1 is 1.32 bits per heavy atom. The maximum atomic E-state index is 12.3. The summed E-state index contributed by atoms with van der Waals surface area (Å²) >= 11 is 0. The van der Waals surface area contributed by atoms with Crippen molar-refractivity contribution in [2.75, 3.05) is 18.0 Å². The molecule has 1 aliphatic carbocycles. The molecule has 6 heteroatoms. The van der Waals surface area contributed by atoms with Crippen molar-refractivity contribution in [2.45, 2.75) is 45.1 Å². The molecule has 2 unspecified atom stereocenters. The van der Waals surface area contributed by atoms with E-state index in [1.807, 2.05) is 12.1 Å². The van der Waals surface area contributed by atoms with Crippen molar-refractivity contribution in [3.8, 4) is 0 Å². The van der Waals surface area contributed by atoms with Gasteiger partial charge in [-0.15, -0.1) is 12.4 Å². The molecule has 0 bridgehead atoms. The third kappa shape index (κ3) is 4.95. The first-order chi connectivity index (χ1) is 11.6. The zero-order valence-electron chi connectivity index (χ0n) is 14.7. The minimum Gasteiger partial charge on any atom is -0.354 e. The van der Waals surface area contributed by atoms with Gasteiger partial charge in [-0.2, -0.15) is 0 Å². The number of rotatable bonds is 7. The van der Waals surface area contributed by atoms with Crippen molar-refractivity contribution in [1.29, 1.82) is 0 Å². The molecule has 1 heterocycles. The van der Waals surface area contributed by atoms with Crippen LogP contribution in [-0.2, 0) is 16.0 Å². The fourth-order valence-electron chi connectivity index (χ4n) is 3.32. The van der Waals surface area contributed by atoms with Crippen molar-refractivity contribution in [2.24, 2.45) is 17.6 Å². The quantitative estimate of drug-likeness (QED) is 0.778. The summed E-state index contributed by atoms with van der Waals surface area (Å²) in [5, 5.41) is 2.92. The predicted octanol–water partition coefficient (Wildman–Crippen LogP) is 2.27. The molecule has 1 aliphatic heterocycles. The molecule has 5 nitrogen and oxygen atoms in total. The summed E-state index contributed by atoms with van der Waals surface area (Å²) in [4.78, 5) is 26.3. The number of carbonyl (C=O) groups is 2. The fourth-order valence-corrected chi connectivity index (χ4v) is 3.32. The van der Waals surface area contributed by atoms with Gasteiger partial charge in [-0.25, -0.2) is 0 Å². The average molecular weight is 366 g/mol. The SMILES string of the molecule is CCCc1ccc(N2CC(C(=O)NCC(N)C3CC3)CC2=O)cc1.Cl. The van der Waals surface area contributed by atoms with E-state index in [0.717, 1.165) is 18.5 Å². The highest BCUT2D eigenvalue weighted by molar-refractivity contribution is 6.00. The highest BCUT2D eigenvalue weighted by Gasteiger charge is 2.36. The Bertz CT molecular complexity index is 601. The Morgan fingerprint density at radius 2 is 2.00 bits per heavy atom. The van der Waals surface area contributed by atoms with Crippen LogP contribution >= 0.6 is 12.4 Å². The van der Waals surface area contributed by atoms with E-state index in [4.69, 9.17) is 5.73 Å². The van der Waals surface area contributed by atoms with Crippen molar-refractivity contribution >= 4 is 29.9 Å². The van der Waals surface area contributed by atoms with Gasteiger partial charge in [0.05, 0.1) is 5.92 Å². The van der Waals surface area contributed by atoms with Crippen LogP contribution in [0.25, 0.3) is 0 Å². The molecular weight excluding hydrogens is 338 g/mol. The molecule has 1 saturated heterocycles. The monoisotopic (exact) mass is 365 g/mol. The number of halogens is 1. The molecule has 0 aromatic heterocycles. The van der Waals surface area contributed by atoms with Crippen molar-refractivity contribution in [3.05, 3.63) is 29.8 Å². The number of nitrogens with zero attached hydrogens (tertiary/aromatic N) is 1. The molecular formula is C19H28ClN3O2. The zero-order valence-corrected chi connectivity index (χ0v) is 15.6. The molecule has 3 rings (SSSR count). The number of hydrogen-bond acceptors (Lipinski definition) is 3. The van der Waals surface area contributed by atoms with E-state index in [1.165, 1.54) is 18.4 Å². The lowest BCUT2D eigenvalue weighted by Crippen LogP contribution is -2.41. The number of nitrogens with two attached hydrogens (primary N) is 1. The zero-order chi connectivity index (χ0) is 17.1. The van der Waals surface area contributed by atoms with E-state index < -0.39 is 0 Å². The van der Waals surface area contributed by atoms with Crippen LogP contribution in [0.1, 0.15) is 38.2 Å². The van der Waals surface area contributed by atoms with Crippen molar-refractivity contribution in [1.82, 2.24) is 5.32 Å². The maximum absolute atomic E-state index is 12.3. The first-order valence-corrected chi connectivity index (χ1v) is 9.01. The van der Waals surface area contributed by atoms with Crippen molar-refractivity contribution in [3.63, 3.8) is 0 Å². The Labute approximate surface area is 155 Å². The first-order valence-electron chi connectivity index (χ1n) is 9.01. The Balaban J connectivity index is 0.00000225. The predicted molar refractivity (Wildman–Crippen MR) is 102 cm³/mol. The molecule has 2 amide bonds. The molecule has 1 aromatic carbocycles. The van der Waals surface area contributed by atoms with Crippen LogP contribution in [0.3, 0.4) is 0 Å². The second-order valence-electron chi connectivity index (χ2n) is 7.07. The van der Waals surface area contributed by atoms with E-state index in [2.05, 4.69) is 24.4 Å². The van der Waals surface area contributed by atoms with Gasteiger partial charge in [0.2, 0.25) is 11.8 Å². The van der Waals surface area contributed by atoms with Gasteiger partial charge < -0.3 is 16.0 Å². The number of carbonyl (C=O) groups excluding carboxylic acids is 2. The maximum Gasteiger partial charge on any atom is 0.227 e. The number of amides is 2. The summed E-state index contributed by atoms with van der Waals surface area (Å²) in [6.45, 7) is 3.12. The largest absolute Gasteiger partial charge is 0.354 e. The van der Waals surface area contributed by atoms with Gasteiger partial charge in [-0.05, 0) is 42.9 Å². The van der Waals surface area contributed by atoms with E-state index in [9.17, 15) is 9.59 Å². The molecule has 3 N–H and O–H groups in total. The Hall–Kier alpha value is -1.59. The summed E-state index contributed by atoms with van der Waals surface area (Å²) in [5.41, 5.74) is 8.17. The van der Waals surface area contributed by atoms with Crippen LogP contribution < -0.4 is 16.0 Å². The minimum atomic E-state index is -0.278. The summed E-state index contributed by atoms with van der Waals surface area (Å²) < 4.78 is 0. The lowest BCUT2D eigenvalue weighted by Gasteiger charge is -2.18. The number of anilines is 1. The molecule has 138 valence electrons. The second-order valence-corrected chi connectivity index (χ2v) is 7.07. The molecule has 1 saturated carbocycles. The highest BCUT2D eigenvalue weighted by Crippen LogP contribution is 2.31. The number of aryl methyl sites for hydroxylation is 1. The normalized spacial score (nSPS) is 21.0. The molecule has 0 radical (unpaired) electrons. The number of hydrogen-bond donors (Lipinski definition) is 2. The van der Waals surface area contributed by atoms with Crippen LogP contribution in [0.2, 0.25) is 0 Å². The van der Waals surface area contributed by atoms with E-state index in [1.54, 1.807) is 4.90 Å². The minimum absolute atomic E-state index is 0. The first kappa shape index (κ1) is 19.7. The van der Waals surface area contributed by atoms with Gasteiger partial charge >= 0.3 is 0 Å². The Morgan fingerprint density at radius 3 is 2.60 bits per heavy atom. The topological polar surface area (TPSA) is 75.4 Å². The number of nitrogens with one attached hydrogen (secondary N) is 1. The molecule has 2 aliphatic rings. The van der Waals surface area contributed by atoms with Crippen LogP contribution in [0.5, 0.6) is 0 Å². The summed E-state index contributed by atoms with van der Waals surface area (Å²) in [6, 6.07) is 8.13. The highest BCUT2D eigenvalue weighted by atomic mass is 35.5. The standard InChI is InChI=1S/C19H27N3O2.ClH/c1-2-3-13-4-8-16(9-5-13)22-12-15(10-18(22)23)19(24)21-11-17(20)14-6-7-14;/h4-5,8-9,14-15,17H,2-3,6-7,10-12,20H2,1H3,(H,21,24);1H. The molecule has 2 atom stereocenters. The van der Waals surface area contributed by atoms with Gasteiger partial charge in [0.1, 0.15) is 0 Å². The summed E-state index contributed by atoms with van der Waals surface area (Å²) in [5.74, 6) is 0.252. The van der Waals surface area contributed by atoms with E-state index in [-0.39, 0.29) is 42.6 Å². The van der Waals surface area contributed by atoms with E-state index in [0.29, 0.717) is 19.0 Å². The van der Waals surface area contributed by atoms with Crippen LogP contribution in [-0.4, -0.2) is 30.9 Å². The molecule has 0 spiro atoms.